The van der Waals surface area contributed by atoms with E-state index in [9.17, 15) is 0 Å². The first kappa shape index (κ1) is 20.2. The number of aliphatic imine (C=N–C) groups is 1. The number of ether oxygens (including phenoxy) is 1. The molecule has 24 heavy (non-hydrogen) atoms. The van der Waals surface area contributed by atoms with Gasteiger partial charge in [0.1, 0.15) is 5.82 Å². The summed E-state index contributed by atoms with van der Waals surface area (Å²) in [4.78, 5) is 10.9. The van der Waals surface area contributed by atoms with Gasteiger partial charge >= 0.3 is 0 Å². The Balaban J connectivity index is 2.43. The Kier molecular flexibility index (Phi) is 9.84. The van der Waals surface area contributed by atoms with Gasteiger partial charge in [0.25, 0.3) is 0 Å². The third kappa shape index (κ3) is 8.72. The van der Waals surface area contributed by atoms with Crippen molar-refractivity contribution in [3.63, 3.8) is 0 Å². The van der Waals surface area contributed by atoms with E-state index in [1.807, 2.05) is 31.3 Å². The van der Waals surface area contributed by atoms with Gasteiger partial charge in [0, 0.05) is 40.0 Å². The van der Waals surface area contributed by atoms with Crippen molar-refractivity contribution in [1.82, 2.24) is 15.6 Å². The first-order valence-electron chi connectivity index (χ1n) is 8.75. The van der Waals surface area contributed by atoms with E-state index in [0.717, 1.165) is 43.5 Å². The second-order valence-corrected chi connectivity index (χ2v) is 6.33. The third-order valence-corrected chi connectivity index (χ3v) is 3.41. The van der Waals surface area contributed by atoms with Crippen molar-refractivity contribution in [2.75, 3.05) is 45.3 Å². The minimum atomic E-state index is 0.618. The van der Waals surface area contributed by atoms with Crippen molar-refractivity contribution in [3.05, 3.63) is 23.9 Å². The van der Waals surface area contributed by atoms with Crippen LogP contribution >= 0.6 is 0 Å². The van der Waals surface area contributed by atoms with Crippen LogP contribution in [0, 0.1) is 5.92 Å². The maximum Gasteiger partial charge on any atom is 0.191 e. The molecule has 0 spiro atoms. The molecule has 0 radical (unpaired) electrons. The van der Waals surface area contributed by atoms with Crippen LogP contribution in [-0.2, 0) is 11.3 Å². The zero-order valence-corrected chi connectivity index (χ0v) is 15.8. The van der Waals surface area contributed by atoms with Gasteiger partial charge in [-0.2, -0.15) is 0 Å². The minimum Gasteiger partial charge on any atom is -0.380 e. The number of nitrogens with zero attached hydrogens (tertiary/aromatic N) is 3. The standard InChI is InChI=1S/C18H33N5O/c1-6-19-18(21-10-12-24-11-8-15(2)3)22-14-16-7-9-20-17(13-16)23(4)5/h7,9,13,15H,6,8,10-12,14H2,1-5H3,(H2,19,21,22). The molecule has 0 aliphatic carbocycles. The van der Waals surface area contributed by atoms with E-state index in [1.165, 1.54) is 0 Å². The Morgan fingerprint density at radius 2 is 2.08 bits per heavy atom. The van der Waals surface area contributed by atoms with Crippen LogP contribution in [0.3, 0.4) is 0 Å². The maximum absolute atomic E-state index is 5.62. The first-order chi connectivity index (χ1) is 11.5. The molecule has 0 fully saturated rings. The Morgan fingerprint density at radius 3 is 2.75 bits per heavy atom. The van der Waals surface area contributed by atoms with Crippen LogP contribution in [0.4, 0.5) is 5.82 Å². The number of rotatable bonds is 10. The molecule has 1 rings (SSSR count). The average molecular weight is 335 g/mol. The van der Waals surface area contributed by atoms with E-state index in [4.69, 9.17) is 4.74 Å². The van der Waals surface area contributed by atoms with Gasteiger partial charge < -0.3 is 20.3 Å². The molecule has 0 aliphatic rings. The number of hydrogen-bond acceptors (Lipinski definition) is 4. The normalized spacial score (nSPS) is 11.7. The highest BCUT2D eigenvalue weighted by Gasteiger charge is 2.01. The van der Waals surface area contributed by atoms with Crippen LogP contribution in [-0.4, -0.2) is 51.3 Å². The summed E-state index contributed by atoms with van der Waals surface area (Å²) in [5.74, 6) is 2.44. The molecule has 1 aromatic rings. The van der Waals surface area contributed by atoms with Crippen molar-refractivity contribution in [2.24, 2.45) is 10.9 Å². The lowest BCUT2D eigenvalue weighted by atomic mass is 10.1. The van der Waals surface area contributed by atoms with Crippen molar-refractivity contribution in [1.29, 1.82) is 0 Å². The Bertz CT molecular complexity index is 488. The molecule has 6 heteroatoms. The first-order valence-corrected chi connectivity index (χ1v) is 8.75. The highest BCUT2D eigenvalue weighted by atomic mass is 16.5. The molecular formula is C18H33N5O. The Morgan fingerprint density at radius 1 is 1.29 bits per heavy atom. The van der Waals surface area contributed by atoms with Crippen LogP contribution in [0.5, 0.6) is 0 Å². The Labute approximate surface area is 146 Å². The summed E-state index contributed by atoms with van der Waals surface area (Å²) in [6, 6.07) is 4.05. The molecule has 0 amide bonds. The second-order valence-electron chi connectivity index (χ2n) is 6.33. The molecule has 0 atom stereocenters. The van der Waals surface area contributed by atoms with Crippen LogP contribution < -0.4 is 15.5 Å². The summed E-state index contributed by atoms with van der Waals surface area (Å²) in [5.41, 5.74) is 1.14. The van der Waals surface area contributed by atoms with Crippen LogP contribution in [0.1, 0.15) is 32.8 Å². The van der Waals surface area contributed by atoms with Gasteiger partial charge in [0.15, 0.2) is 5.96 Å². The molecule has 6 nitrogen and oxygen atoms in total. The minimum absolute atomic E-state index is 0.618. The summed E-state index contributed by atoms with van der Waals surface area (Å²) in [7, 11) is 3.97. The van der Waals surface area contributed by atoms with Gasteiger partial charge in [-0.15, -0.1) is 0 Å². The van der Waals surface area contributed by atoms with Crippen molar-refractivity contribution in [2.45, 2.75) is 33.7 Å². The maximum atomic E-state index is 5.62. The van der Waals surface area contributed by atoms with E-state index < -0.39 is 0 Å². The molecule has 136 valence electrons. The molecule has 1 aromatic heterocycles. The average Bonchev–Trinajstić information content (AvgIpc) is 2.55. The van der Waals surface area contributed by atoms with Crippen molar-refractivity contribution >= 4 is 11.8 Å². The molecule has 0 unspecified atom stereocenters. The number of aromatic nitrogens is 1. The monoisotopic (exact) mass is 335 g/mol. The predicted octanol–water partition coefficient (Wildman–Crippen LogP) is 2.27. The SMILES string of the molecule is CCNC(=NCc1ccnc(N(C)C)c1)NCCOCCC(C)C. The summed E-state index contributed by atoms with van der Waals surface area (Å²) in [6.07, 6.45) is 2.92. The zero-order valence-electron chi connectivity index (χ0n) is 15.8. The number of nitrogens with one attached hydrogen (secondary N) is 2. The van der Waals surface area contributed by atoms with Crippen LogP contribution in [0.15, 0.2) is 23.3 Å². The molecule has 1 heterocycles. The van der Waals surface area contributed by atoms with Gasteiger partial charge in [-0.05, 0) is 37.0 Å². The van der Waals surface area contributed by atoms with Crippen LogP contribution in [0.2, 0.25) is 0 Å². The van der Waals surface area contributed by atoms with Gasteiger partial charge in [0.05, 0.1) is 13.2 Å². The van der Waals surface area contributed by atoms with E-state index in [-0.39, 0.29) is 0 Å². The van der Waals surface area contributed by atoms with E-state index in [2.05, 4.69) is 47.4 Å². The number of guanidine groups is 1. The van der Waals surface area contributed by atoms with Crippen LogP contribution in [0.25, 0.3) is 0 Å². The molecule has 2 N–H and O–H groups in total. The van der Waals surface area contributed by atoms with Gasteiger partial charge in [-0.3, -0.25) is 0 Å². The highest BCUT2D eigenvalue weighted by Crippen LogP contribution is 2.10. The van der Waals surface area contributed by atoms with E-state index >= 15 is 0 Å². The second kappa shape index (κ2) is 11.7. The lowest BCUT2D eigenvalue weighted by Gasteiger charge is -2.13. The Hall–Kier alpha value is -1.82. The third-order valence-electron chi connectivity index (χ3n) is 3.41. The predicted molar refractivity (Wildman–Crippen MR) is 102 cm³/mol. The fourth-order valence-electron chi connectivity index (χ4n) is 1.98. The van der Waals surface area contributed by atoms with Crippen molar-refractivity contribution < 1.29 is 4.74 Å². The molecule has 0 saturated carbocycles. The summed E-state index contributed by atoms with van der Waals surface area (Å²) in [6.45, 7) is 10.2. The summed E-state index contributed by atoms with van der Waals surface area (Å²) in [5, 5.41) is 6.56. The molecule has 0 aliphatic heterocycles. The van der Waals surface area contributed by atoms with E-state index in [1.54, 1.807) is 0 Å². The number of anilines is 1. The largest absolute Gasteiger partial charge is 0.380 e. The smallest absolute Gasteiger partial charge is 0.191 e. The summed E-state index contributed by atoms with van der Waals surface area (Å²) >= 11 is 0. The van der Waals surface area contributed by atoms with Crippen molar-refractivity contribution in [3.8, 4) is 0 Å². The summed E-state index contributed by atoms with van der Waals surface area (Å²) < 4.78 is 5.62. The van der Waals surface area contributed by atoms with Gasteiger partial charge in [0.2, 0.25) is 0 Å². The quantitative estimate of drug-likeness (QED) is 0.390. The number of pyridine rings is 1. The highest BCUT2D eigenvalue weighted by molar-refractivity contribution is 5.79. The fourth-order valence-corrected chi connectivity index (χ4v) is 1.98. The van der Waals surface area contributed by atoms with Gasteiger partial charge in [-0.1, -0.05) is 13.8 Å². The molecular weight excluding hydrogens is 302 g/mol. The lowest BCUT2D eigenvalue weighted by Crippen LogP contribution is -2.39. The lowest BCUT2D eigenvalue weighted by molar-refractivity contribution is 0.128. The fraction of sp³-hybridized carbons (Fsp3) is 0.667. The topological polar surface area (TPSA) is 61.8 Å². The number of hydrogen-bond donors (Lipinski definition) is 2. The van der Waals surface area contributed by atoms with E-state index in [0.29, 0.717) is 19.1 Å². The molecule has 0 aromatic carbocycles. The molecule has 0 saturated heterocycles. The van der Waals surface area contributed by atoms with Gasteiger partial charge in [-0.25, -0.2) is 9.98 Å². The molecule has 0 bridgehead atoms. The zero-order chi connectivity index (χ0) is 17.8.